The van der Waals surface area contributed by atoms with Crippen molar-refractivity contribution in [2.24, 2.45) is 0 Å². The first-order valence-corrected chi connectivity index (χ1v) is 6.34. The highest BCUT2D eigenvalue weighted by Gasteiger charge is 2.31. The summed E-state index contributed by atoms with van der Waals surface area (Å²) in [6.07, 6.45) is 2.15. The Hall–Kier alpha value is -1.89. The molecule has 3 N–H and O–H groups in total. The predicted octanol–water partition coefficient (Wildman–Crippen LogP) is -0.428. The molecule has 7 heteroatoms. The van der Waals surface area contributed by atoms with Gasteiger partial charge in [-0.2, -0.15) is 0 Å². The fourth-order valence-electron chi connectivity index (χ4n) is 2.24. The van der Waals surface area contributed by atoms with Crippen molar-refractivity contribution in [2.45, 2.75) is 19.4 Å². The maximum absolute atomic E-state index is 11.9. The van der Waals surface area contributed by atoms with Crippen LogP contribution in [0.1, 0.15) is 12.5 Å². The number of morpholine rings is 1. The van der Waals surface area contributed by atoms with Crippen molar-refractivity contribution in [1.82, 2.24) is 15.3 Å². The number of nitrogen functional groups attached to an aromatic ring is 1. The number of likely N-dealkylation sites (N-methyl/N-ethyl adjacent to an activating group) is 1. The second-order valence-corrected chi connectivity index (χ2v) is 4.31. The number of carbonyl (C=O) groups excluding carboxylic acids is 1. The van der Waals surface area contributed by atoms with Gasteiger partial charge >= 0.3 is 0 Å². The van der Waals surface area contributed by atoms with Crippen LogP contribution >= 0.6 is 0 Å². The Morgan fingerprint density at radius 1 is 1.63 bits per heavy atom. The summed E-state index contributed by atoms with van der Waals surface area (Å²) in [4.78, 5) is 22.2. The minimum absolute atomic E-state index is 0.0843. The molecule has 0 radical (unpaired) electrons. The average Bonchev–Trinajstić information content (AvgIpc) is 2.46. The van der Waals surface area contributed by atoms with Crippen LogP contribution in [0.3, 0.4) is 0 Å². The van der Waals surface area contributed by atoms with Crippen molar-refractivity contribution >= 4 is 17.5 Å². The van der Waals surface area contributed by atoms with Gasteiger partial charge in [0.2, 0.25) is 5.91 Å². The molecule has 1 fully saturated rings. The van der Waals surface area contributed by atoms with Crippen LogP contribution in [0.4, 0.5) is 11.6 Å². The van der Waals surface area contributed by atoms with Crippen molar-refractivity contribution in [3.05, 3.63) is 11.9 Å². The van der Waals surface area contributed by atoms with Gasteiger partial charge in [-0.15, -0.1) is 0 Å². The lowest BCUT2D eigenvalue weighted by Gasteiger charge is -2.36. The summed E-state index contributed by atoms with van der Waals surface area (Å²) < 4.78 is 5.38. The number of rotatable bonds is 3. The van der Waals surface area contributed by atoms with Crippen LogP contribution in [-0.2, 0) is 16.0 Å². The van der Waals surface area contributed by atoms with Gasteiger partial charge in [0.1, 0.15) is 24.0 Å². The van der Waals surface area contributed by atoms with Crippen molar-refractivity contribution in [3.63, 3.8) is 0 Å². The highest BCUT2D eigenvalue weighted by molar-refractivity contribution is 5.85. The molecule has 0 bridgehead atoms. The zero-order valence-electron chi connectivity index (χ0n) is 11.2. The SMILES string of the molecule is CCc1c(N)ncnc1N1CCOCC1C(=O)NC. The number of amides is 1. The monoisotopic (exact) mass is 265 g/mol. The van der Waals surface area contributed by atoms with Crippen LogP contribution in [0.5, 0.6) is 0 Å². The molecule has 1 aromatic heterocycles. The van der Waals surface area contributed by atoms with E-state index in [2.05, 4.69) is 15.3 Å². The first kappa shape index (κ1) is 13.5. The largest absolute Gasteiger partial charge is 0.383 e. The first-order chi connectivity index (χ1) is 9.19. The minimum atomic E-state index is -0.377. The van der Waals surface area contributed by atoms with Crippen molar-refractivity contribution in [1.29, 1.82) is 0 Å². The van der Waals surface area contributed by atoms with E-state index in [-0.39, 0.29) is 11.9 Å². The van der Waals surface area contributed by atoms with Crippen LogP contribution in [0.2, 0.25) is 0 Å². The maximum atomic E-state index is 11.9. The minimum Gasteiger partial charge on any atom is -0.383 e. The van der Waals surface area contributed by atoms with Crippen LogP contribution < -0.4 is 16.0 Å². The summed E-state index contributed by atoms with van der Waals surface area (Å²) in [5.41, 5.74) is 6.76. The van der Waals surface area contributed by atoms with E-state index in [0.29, 0.717) is 25.6 Å². The second kappa shape index (κ2) is 5.83. The number of nitrogens with two attached hydrogens (primary N) is 1. The molecule has 2 rings (SSSR count). The summed E-state index contributed by atoms with van der Waals surface area (Å²) in [6, 6.07) is -0.377. The molecule has 104 valence electrons. The number of carbonyl (C=O) groups is 1. The third kappa shape index (κ3) is 2.60. The summed E-state index contributed by atoms with van der Waals surface area (Å²) in [5, 5.41) is 2.65. The Balaban J connectivity index is 2.37. The summed E-state index contributed by atoms with van der Waals surface area (Å²) in [6.45, 7) is 3.53. The normalized spacial score (nSPS) is 19.3. The molecule has 19 heavy (non-hydrogen) atoms. The molecule has 1 aliphatic heterocycles. The molecular formula is C12H19N5O2. The van der Waals surface area contributed by atoms with E-state index in [4.69, 9.17) is 10.5 Å². The molecule has 1 atom stereocenters. The predicted molar refractivity (Wildman–Crippen MR) is 71.8 cm³/mol. The van der Waals surface area contributed by atoms with Gasteiger partial charge in [0, 0.05) is 19.2 Å². The van der Waals surface area contributed by atoms with Crippen LogP contribution in [0.15, 0.2) is 6.33 Å². The third-order valence-electron chi connectivity index (χ3n) is 3.26. The lowest BCUT2D eigenvalue weighted by molar-refractivity contribution is -0.124. The number of nitrogens with zero attached hydrogens (tertiary/aromatic N) is 3. The van der Waals surface area contributed by atoms with Crippen molar-refractivity contribution < 1.29 is 9.53 Å². The van der Waals surface area contributed by atoms with Crippen LogP contribution in [0, 0.1) is 0 Å². The molecule has 0 aliphatic carbocycles. The lowest BCUT2D eigenvalue weighted by atomic mass is 10.1. The average molecular weight is 265 g/mol. The highest BCUT2D eigenvalue weighted by atomic mass is 16.5. The Bertz CT molecular complexity index is 465. The molecule has 1 unspecified atom stereocenters. The topological polar surface area (TPSA) is 93.4 Å². The van der Waals surface area contributed by atoms with Gasteiger partial charge < -0.3 is 20.7 Å². The van der Waals surface area contributed by atoms with E-state index in [1.807, 2.05) is 11.8 Å². The lowest BCUT2D eigenvalue weighted by Crippen LogP contribution is -2.54. The van der Waals surface area contributed by atoms with E-state index < -0.39 is 0 Å². The maximum Gasteiger partial charge on any atom is 0.244 e. The fourth-order valence-corrected chi connectivity index (χ4v) is 2.24. The Morgan fingerprint density at radius 2 is 2.42 bits per heavy atom. The number of aromatic nitrogens is 2. The fraction of sp³-hybridized carbons (Fsp3) is 0.583. The number of nitrogens with one attached hydrogen (secondary N) is 1. The van der Waals surface area contributed by atoms with E-state index in [1.165, 1.54) is 6.33 Å². The molecule has 1 aliphatic rings. The Labute approximate surface area is 112 Å². The quantitative estimate of drug-likeness (QED) is 0.770. The number of anilines is 2. The molecular weight excluding hydrogens is 246 g/mol. The van der Waals surface area contributed by atoms with E-state index in [0.717, 1.165) is 17.8 Å². The summed E-state index contributed by atoms with van der Waals surface area (Å²) >= 11 is 0. The summed E-state index contributed by atoms with van der Waals surface area (Å²) in [5.74, 6) is 1.11. The standard InChI is InChI=1S/C12H19N5O2/c1-3-8-10(13)15-7-16-11(8)17-4-5-19-6-9(17)12(18)14-2/h7,9H,3-6H2,1-2H3,(H,14,18)(H2,13,15,16). The van der Waals surface area contributed by atoms with Gasteiger partial charge in [0.15, 0.2) is 0 Å². The van der Waals surface area contributed by atoms with E-state index in [9.17, 15) is 4.79 Å². The molecule has 1 saturated heterocycles. The number of hydrogen-bond acceptors (Lipinski definition) is 6. The zero-order chi connectivity index (χ0) is 13.8. The molecule has 1 amide bonds. The van der Waals surface area contributed by atoms with Gasteiger partial charge in [-0.05, 0) is 6.42 Å². The number of ether oxygens (including phenoxy) is 1. The molecule has 7 nitrogen and oxygen atoms in total. The highest BCUT2D eigenvalue weighted by Crippen LogP contribution is 2.25. The Kier molecular flexibility index (Phi) is 4.16. The molecule has 1 aromatic rings. The van der Waals surface area contributed by atoms with E-state index >= 15 is 0 Å². The smallest absolute Gasteiger partial charge is 0.244 e. The van der Waals surface area contributed by atoms with Crippen LogP contribution in [0.25, 0.3) is 0 Å². The first-order valence-electron chi connectivity index (χ1n) is 6.34. The van der Waals surface area contributed by atoms with Gasteiger partial charge in [-0.3, -0.25) is 4.79 Å². The van der Waals surface area contributed by atoms with Crippen molar-refractivity contribution in [3.8, 4) is 0 Å². The van der Waals surface area contributed by atoms with Crippen molar-refractivity contribution in [2.75, 3.05) is 37.4 Å². The van der Waals surface area contributed by atoms with Gasteiger partial charge in [0.05, 0.1) is 13.2 Å². The zero-order valence-corrected chi connectivity index (χ0v) is 11.2. The third-order valence-corrected chi connectivity index (χ3v) is 3.26. The Morgan fingerprint density at radius 3 is 3.11 bits per heavy atom. The van der Waals surface area contributed by atoms with E-state index in [1.54, 1.807) is 7.05 Å². The second-order valence-electron chi connectivity index (χ2n) is 4.31. The van der Waals surface area contributed by atoms with Crippen LogP contribution in [-0.4, -0.2) is 48.7 Å². The number of hydrogen-bond donors (Lipinski definition) is 2. The van der Waals surface area contributed by atoms with Gasteiger partial charge in [0.25, 0.3) is 0 Å². The molecule has 2 heterocycles. The molecule has 0 saturated carbocycles. The van der Waals surface area contributed by atoms with Gasteiger partial charge in [-0.25, -0.2) is 9.97 Å². The molecule has 0 spiro atoms. The molecule has 0 aromatic carbocycles. The van der Waals surface area contributed by atoms with Gasteiger partial charge in [-0.1, -0.05) is 6.92 Å². The summed E-state index contributed by atoms with van der Waals surface area (Å²) in [7, 11) is 1.62.